The quantitative estimate of drug-likeness (QED) is 0.507. The van der Waals surface area contributed by atoms with Gasteiger partial charge in [0.1, 0.15) is 5.82 Å². The van der Waals surface area contributed by atoms with Crippen LogP contribution in [0.4, 0.5) is 5.13 Å². The molecule has 0 atom stereocenters. The number of aryl methyl sites for hydroxylation is 1. The third-order valence-electron chi connectivity index (χ3n) is 3.37. The Bertz CT molecular complexity index is 872. The lowest BCUT2D eigenvalue weighted by Gasteiger charge is -2.05. The molecule has 128 valence electrons. The highest BCUT2D eigenvalue weighted by Crippen LogP contribution is 2.25. The molecule has 6 nitrogen and oxygen atoms in total. The highest BCUT2D eigenvalue weighted by Gasteiger charge is 2.12. The highest BCUT2D eigenvalue weighted by atomic mass is 32.2. The molecule has 0 saturated heterocycles. The van der Waals surface area contributed by atoms with Crippen molar-refractivity contribution in [1.82, 2.24) is 19.7 Å². The van der Waals surface area contributed by atoms with E-state index < -0.39 is 0 Å². The van der Waals surface area contributed by atoms with Gasteiger partial charge in [-0.05, 0) is 6.92 Å². The van der Waals surface area contributed by atoms with Crippen LogP contribution in [0.25, 0.3) is 11.3 Å². The summed E-state index contributed by atoms with van der Waals surface area (Å²) in [5.41, 5.74) is 1.89. The van der Waals surface area contributed by atoms with E-state index in [-0.39, 0.29) is 11.7 Å². The van der Waals surface area contributed by atoms with Gasteiger partial charge in [-0.2, -0.15) is 0 Å². The van der Waals surface area contributed by atoms with Crippen molar-refractivity contribution in [3.8, 4) is 11.3 Å². The molecular weight excluding hydrogens is 354 g/mol. The van der Waals surface area contributed by atoms with Crippen molar-refractivity contribution in [3.05, 3.63) is 54.2 Å². The Morgan fingerprint density at radius 1 is 1.36 bits per heavy atom. The molecule has 0 aliphatic rings. The van der Waals surface area contributed by atoms with E-state index in [1.807, 2.05) is 47.2 Å². The Kier molecular flexibility index (Phi) is 5.62. The molecule has 0 radical (unpaired) electrons. The molecule has 0 aliphatic heterocycles. The van der Waals surface area contributed by atoms with Gasteiger partial charge in [-0.1, -0.05) is 48.2 Å². The van der Waals surface area contributed by atoms with Crippen molar-refractivity contribution < 1.29 is 4.79 Å². The third kappa shape index (κ3) is 4.34. The number of nitrogens with one attached hydrogen (secondary N) is 1. The van der Waals surface area contributed by atoms with Crippen molar-refractivity contribution in [2.75, 3.05) is 11.1 Å². The van der Waals surface area contributed by atoms with E-state index in [9.17, 15) is 4.79 Å². The summed E-state index contributed by atoms with van der Waals surface area (Å²) in [4.78, 5) is 16.6. The molecule has 1 amide bonds. The van der Waals surface area contributed by atoms with E-state index in [0.717, 1.165) is 17.1 Å². The summed E-state index contributed by atoms with van der Waals surface area (Å²) in [5.74, 6) is 0.926. The van der Waals surface area contributed by atoms with Gasteiger partial charge >= 0.3 is 0 Å². The summed E-state index contributed by atoms with van der Waals surface area (Å²) in [6, 6.07) is 9.87. The molecule has 2 aromatic heterocycles. The van der Waals surface area contributed by atoms with E-state index in [1.165, 1.54) is 23.1 Å². The first-order valence-corrected chi connectivity index (χ1v) is 9.48. The van der Waals surface area contributed by atoms with Crippen LogP contribution >= 0.6 is 23.1 Å². The van der Waals surface area contributed by atoms with Gasteiger partial charge in [0.15, 0.2) is 10.3 Å². The summed E-state index contributed by atoms with van der Waals surface area (Å²) in [5, 5.41) is 14.2. The largest absolute Gasteiger partial charge is 0.302 e. The second-order valence-corrected chi connectivity index (χ2v) is 6.97. The van der Waals surface area contributed by atoms with E-state index >= 15 is 0 Å². The average molecular weight is 371 g/mol. The van der Waals surface area contributed by atoms with E-state index in [2.05, 4.69) is 27.1 Å². The molecule has 0 fully saturated rings. The van der Waals surface area contributed by atoms with Gasteiger partial charge in [-0.25, -0.2) is 4.98 Å². The molecule has 0 spiro atoms. The van der Waals surface area contributed by atoms with Gasteiger partial charge in [-0.15, -0.1) is 28.1 Å². The van der Waals surface area contributed by atoms with E-state index in [4.69, 9.17) is 0 Å². The Morgan fingerprint density at radius 2 is 2.16 bits per heavy atom. The zero-order valence-electron chi connectivity index (χ0n) is 13.7. The fourth-order valence-corrected chi connectivity index (χ4v) is 3.69. The van der Waals surface area contributed by atoms with E-state index in [0.29, 0.717) is 16.8 Å². The predicted molar refractivity (Wildman–Crippen MR) is 102 cm³/mol. The Morgan fingerprint density at radius 3 is 2.92 bits per heavy atom. The van der Waals surface area contributed by atoms with Crippen LogP contribution in [-0.4, -0.2) is 31.4 Å². The Balaban J connectivity index is 1.58. The number of aromatic nitrogens is 4. The van der Waals surface area contributed by atoms with Gasteiger partial charge in [-0.3, -0.25) is 4.79 Å². The number of thiazole rings is 1. The lowest BCUT2D eigenvalue weighted by molar-refractivity contribution is -0.113. The molecule has 25 heavy (non-hydrogen) atoms. The SMILES string of the molecule is C=CCn1c(C)nnc1SCC(=O)Nc1nc(-c2ccccc2)cs1. The topological polar surface area (TPSA) is 72.7 Å². The second-order valence-electron chi connectivity index (χ2n) is 5.17. The smallest absolute Gasteiger partial charge is 0.236 e. The number of hydrogen-bond acceptors (Lipinski definition) is 6. The zero-order valence-corrected chi connectivity index (χ0v) is 15.3. The summed E-state index contributed by atoms with van der Waals surface area (Å²) >= 11 is 2.76. The molecule has 0 unspecified atom stereocenters. The molecule has 0 saturated carbocycles. The van der Waals surface area contributed by atoms with Crippen molar-refractivity contribution in [2.24, 2.45) is 0 Å². The van der Waals surface area contributed by atoms with Crippen molar-refractivity contribution >= 4 is 34.1 Å². The summed E-state index contributed by atoms with van der Waals surface area (Å²) in [6.45, 7) is 6.22. The van der Waals surface area contributed by atoms with Crippen molar-refractivity contribution in [3.63, 3.8) is 0 Å². The minimum atomic E-state index is -0.121. The number of rotatable bonds is 7. The monoisotopic (exact) mass is 371 g/mol. The van der Waals surface area contributed by atoms with Crippen LogP contribution in [0.3, 0.4) is 0 Å². The van der Waals surface area contributed by atoms with Gasteiger partial charge in [0.25, 0.3) is 0 Å². The van der Waals surface area contributed by atoms with Crippen LogP contribution in [0.15, 0.2) is 53.5 Å². The lowest BCUT2D eigenvalue weighted by Crippen LogP contribution is -2.14. The van der Waals surface area contributed by atoms with Crippen molar-refractivity contribution in [1.29, 1.82) is 0 Å². The average Bonchev–Trinajstić information content (AvgIpc) is 3.22. The molecule has 8 heteroatoms. The summed E-state index contributed by atoms with van der Waals surface area (Å²) in [6.07, 6.45) is 1.78. The second kappa shape index (κ2) is 8.09. The first-order chi connectivity index (χ1) is 12.2. The first kappa shape index (κ1) is 17.4. The number of anilines is 1. The number of thioether (sulfide) groups is 1. The van der Waals surface area contributed by atoms with Gasteiger partial charge in [0.05, 0.1) is 11.4 Å². The fourth-order valence-electron chi connectivity index (χ4n) is 2.17. The van der Waals surface area contributed by atoms with Crippen LogP contribution in [-0.2, 0) is 11.3 Å². The van der Waals surface area contributed by atoms with Crippen LogP contribution in [0, 0.1) is 6.92 Å². The third-order valence-corrected chi connectivity index (χ3v) is 5.09. The molecule has 1 N–H and O–H groups in total. The first-order valence-electron chi connectivity index (χ1n) is 7.61. The summed E-state index contributed by atoms with van der Waals surface area (Å²) in [7, 11) is 0. The number of nitrogens with zero attached hydrogens (tertiary/aromatic N) is 4. The standard InChI is InChI=1S/C17H17N5OS2/c1-3-9-22-12(2)20-21-17(22)25-11-15(23)19-16-18-14(10-24-16)13-7-5-4-6-8-13/h3-8,10H,1,9,11H2,2H3,(H,18,19,23). The Labute approximate surface area is 154 Å². The Hall–Kier alpha value is -2.45. The number of carbonyl (C=O) groups is 1. The zero-order chi connectivity index (χ0) is 17.6. The molecular formula is C17H17N5OS2. The van der Waals surface area contributed by atoms with E-state index in [1.54, 1.807) is 6.08 Å². The van der Waals surface area contributed by atoms with Crippen LogP contribution in [0.2, 0.25) is 0 Å². The maximum Gasteiger partial charge on any atom is 0.236 e. The number of benzene rings is 1. The summed E-state index contributed by atoms with van der Waals surface area (Å²) < 4.78 is 1.92. The minimum Gasteiger partial charge on any atom is -0.302 e. The molecule has 2 heterocycles. The van der Waals surface area contributed by atoms with Crippen LogP contribution in [0.5, 0.6) is 0 Å². The number of allylic oxidation sites excluding steroid dienone is 1. The van der Waals surface area contributed by atoms with Crippen molar-refractivity contribution in [2.45, 2.75) is 18.6 Å². The minimum absolute atomic E-state index is 0.121. The fraction of sp³-hybridized carbons (Fsp3) is 0.176. The molecule has 3 aromatic rings. The maximum absolute atomic E-state index is 12.2. The number of hydrogen-bond donors (Lipinski definition) is 1. The van der Waals surface area contributed by atoms with Gasteiger partial charge in [0.2, 0.25) is 5.91 Å². The maximum atomic E-state index is 12.2. The molecule has 3 rings (SSSR count). The molecule has 1 aromatic carbocycles. The molecule has 0 bridgehead atoms. The lowest BCUT2D eigenvalue weighted by atomic mass is 10.2. The number of carbonyl (C=O) groups excluding carboxylic acids is 1. The predicted octanol–water partition coefficient (Wildman–Crippen LogP) is 3.63. The highest BCUT2D eigenvalue weighted by molar-refractivity contribution is 7.99. The normalized spacial score (nSPS) is 10.6. The van der Waals surface area contributed by atoms with Gasteiger partial charge in [0, 0.05) is 17.5 Å². The molecule has 0 aliphatic carbocycles. The van der Waals surface area contributed by atoms with Crippen LogP contribution in [0.1, 0.15) is 5.82 Å². The van der Waals surface area contributed by atoms with Gasteiger partial charge < -0.3 is 9.88 Å². The number of amides is 1. The van der Waals surface area contributed by atoms with Crippen LogP contribution < -0.4 is 5.32 Å².